The molecular formula is C31H37Cl3N5V-3. The number of fused-ring (bicyclic) bond motifs is 2. The maximum atomic E-state index is 5.15. The Morgan fingerprint density at radius 3 is 1.35 bits per heavy atom. The van der Waals surface area contributed by atoms with E-state index in [4.69, 9.17) is 15.0 Å². The van der Waals surface area contributed by atoms with E-state index < -0.39 is 0 Å². The standard InChI is InChI=1S/C31H37N5.3ClH.V/c1-3-5-7-13-22-35-28-20-11-9-16-24(28)33-30(35)26-18-15-19-27(32-26)31-34-25-17-10-12-21-29(25)36(31)23-14-8-6-4-2;;;;/h9-12,15-21H,3-8,13-14,22-23H2,1-2H3;3*1H;/p-3. The van der Waals surface area contributed by atoms with Crippen LogP contribution in [0, 0.1) is 0 Å². The van der Waals surface area contributed by atoms with Crippen molar-refractivity contribution < 1.29 is 55.8 Å². The number of halogens is 3. The van der Waals surface area contributed by atoms with Gasteiger partial charge in [-0.15, -0.1) is 0 Å². The van der Waals surface area contributed by atoms with Gasteiger partial charge in [-0.2, -0.15) is 0 Å². The summed E-state index contributed by atoms with van der Waals surface area (Å²) in [4.78, 5) is 15.2. The predicted octanol–water partition coefficient (Wildman–Crippen LogP) is -0.715. The fraction of sp³-hybridized carbons (Fsp3) is 0.387. The molecular weight excluding hydrogens is 600 g/mol. The van der Waals surface area contributed by atoms with Crippen LogP contribution in [0.5, 0.6) is 0 Å². The smallest absolute Gasteiger partial charge is 0.159 e. The third-order valence-electron chi connectivity index (χ3n) is 6.99. The number of benzene rings is 2. The fourth-order valence-electron chi connectivity index (χ4n) is 5.07. The minimum absolute atomic E-state index is 0. The number of hydrogen-bond acceptors (Lipinski definition) is 3. The molecule has 0 unspecified atom stereocenters. The minimum atomic E-state index is 0. The van der Waals surface area contributed by atoms with Crippen molar-refractivity contribution in [3.63, 3.8) is 0 Å². The van der Waals surface area contributed by atoms with E-state index >= 15 is 0 Å². The zero-order valence-electron chi connectivity index (χ0n) is 23.2. The molecule has 0 saturated heterocycles. The van der Waals surface area contributed by atoms with Crippen LogP contribution in [0.15, 0.2) is 66.7 Å². The topological polar surface area (TPSA) is 48.5 Å². The minimum Gasteiger partial charge on any atom is -1.00 e. The van der Waals surface area contributed by atoms with Gasteiger partial charge >= 0.3 is 0 Å². The summed E-state index contributed by atoms with van der Waals surface area (Å²) in [7, 11) is 0. The van der Waals surface area contributed by atoms with Gasteiger partial charge in [0.1, 0.15) is 11.4 Å². The maximum absolute atomic E-state index is 5.15. The molecule has 0 saturated carbocycles. The first-order valence-corrected chi connectivity index (χ1v) is 13.7. The summed E-state index contributed by atoms with van der Waals surface area (Å²) in [5.74, 6) is 1.89. The molecule has 0 bridgehead atoms. The molecule has 3 heterocycles. The number of hydrogen-bond donors (Lipinski definition) is 0. The van der Waals surface area contributed by atoms with Crippen molar-refractivity contribution in [2.75, 3.05) is 0 Å². The number of rotatable bonds is 12. The summed E-state index contributed by atoms with van der Waals surface area (Å²) >= 11 is 0. The van der Waals surface area contributed by atoms with E-state index in [-0.39, 0.29) is 55.8 Å². The molecule has 9 heteroatoms. The first kappa shape index (κ1) is 36.0. The van der Waals surface area contributed by atoms with Crippen molar-refractivity contribution in [1.29, 1.82) is 0 Å². The van der Waals surface area contributed by atoms with Crippen LogP contribution < -0.4 is 37.2 Å². The van der Waals surface area contributed by atoms with Crippen LogP contribution in [-0.4, -0.2) is 24.1 Å². The molecule has 1 radical (unpaired) electrons. The van der Waals surface area contributed by atoms with Gasteiger partial charge in [-0.3, -0.25) is 0 Å². The SMILES string of the molecule is CCCCCCn1c(-c2cccc(-c3nc4ccccc4n3CCCCCC)n2)nc2ccccc21.[Cl-].[Cl-].[Cl-].[V]. The van der Waals surface area contributed by atoms with E-state index in [1.54, 1.807) is 0 Å². The molecule has 0 N–H and O–H groups in total. The predicted molar refractivity (Wildman–Crippen MR) is 150 cm³/mol. The van der Waals surface area contributed by atoms with Crippen molar-refractivity contribution >= 4 is 22.1 Å². The molecule has 0 aliphatic heterocycles. The van der Waals surface area contributed by atoms with E-state index in [2.05, 4.69) is 89.7 Å². The van der Waals surface area contributed by atoms with Gasteiger partial charge in [0.2, 0.25) is 0 Å². The summed E-state index contributed by atoms with van der Waals surface area (Å²) in [6.45, 7) is 6.42. The number of aryl methyl sites for hydroxylation is 2. The number of nitrogens with zero attached hydrogens (tertiary/aromatic N) is 5. The molecule has 0 amide bonds. The van der Waals surface area contributed by atoms with Crippen LogP contribution >= 0.6 is 0 Å². The monoisotopic (exact) mass is 635 g/mol. The van der Waals surface area contributed by atoms with Gasteiger partial charge < -0.3 is 46.4 Å². The molecule has 0 aliphatic rings. The normalized spacial score (nSPS) is 10.4. The third-order valence-corrected chi connectivity index (χ3v) is 6.99. The molecule has 0 spiro atoms. The molecule has 0 fully saturated rings. The Bertz CT molecular complexity index is 1340. The number of para-hydroxylation sites is 4. The van der Waals surface area contributed by atoms with Gasteiger partial charge in [0.05, 0.1) is 22.1 Å². The van der Waals surface area contributed by atoms with Gasteiger partial charge in [0.15, 0.2) is 11.6 Å². The quantitative estimate of drug-likeness (QED) is 0.170. The van der Waals surface area contributed by atoms with Crippen LogP contribution in [0.2, 0.25) is 0 Å². The summed E-state index contributed by atoms with van der Waals surface area (Å²) in [6, 6.07) is 23.1. The molecule has 0 atom stereocenters. The number of aromatic nitrogens is 5. The van der Waals surface area contributed by atoms with Crippen LogP contribution in [-0.2, 0) is 31.6 Å². The Balaban J connectivity index is 0.00000200. The molecule has 5 rings (SSSR count). The van der Waals surface area contributed by atoms with Crippen molar-refractivity contribution in [3.8, 4) is 23.0 Å². The first-order chi connectivity index (χ1) is 17.8. The second-order valence-corrected chi connectivity index (χ2v) is 9.68. The van der Waals surface area contributed by atoms with E-state index in [9.17, 15) is 0 Å². The van der Waals surface area contributed by atoms with E-state index in [0.717, 1.165) is 60.0 Å². The van der Waals surface area contributed by atoms with E-state index in [1.165, 1.54) is 49.6 Å². The zero-order valence-corrected chi connectivity index (χ0v) is 26.9. The van der Waals surface area contributed by atoms with Crippen LogP contribution in [0.3, 0.4) is 0 Å². The van der Waals surface area contributed by atoms with Crippen molar-refractivity contribution in [2.24, 2.45) is 0 Å². The molecule has 5 nitrogen and oxygen atoms in total. The Hall–Kier alpha value is -2.02. The Labute approximate surface area is 268 Å². The Morgan fingerprint density at radius 1 is 0.500 bits per heavy atom. The number of pyridine rings is 1. The van der Waals surface area contributed by atoms with Crippen LogP contribution in [0.1, 0.15) is 65.2 Å². The number of unbranched alkanes of at least 4 members (excludes halogenated alkanes) is 6. The molecule has 2 aromatic carbocycles. The Morgan fingerprint density at radius 2 is 0.925 bits per heavy atom. The van der Waals surface area contributed by atoms with Crippen molar-refractivity contribution in [2.45, 2.75) is 78.3 Å². The average molecular weight is 637 g/mol. The largest absolute Gasteiger partial charge is 1.00 e. The van der Waals surface area contributed by atoms with Gasteiger partial charge in [0.25, 0.3) is 0 Å². The van der Waals surface area contributed by atoms with Gasteiger partial charge in [0, 0.05) is 31.6 Å². The molecule has 0 aliphatic carbocycles. The second kappa shape index (κ2) is 17.7. The molecule has 40 heavy (non-hydrogen) atoms. The molecule has 215 valence electrons. The van der Waals surface area contributed by atoms with Crippen LogP contribution in [0.4, 0.5) is 0 Å². The fourth-order valence-corrected chi connectivity index (χ4v) is 5.07. The maximum Gasteiger partial charge on any atom is 0.159 e. The van der Waals surface area contributed by atoms with Crippen LogP contribution in [0.25, 0.3) is 45.1 Å². The van der Waals surface area contributed by atoms with E-state index in [0.29, 0.717) is 0 Å². The first-order valence-electron chi connectivity index (χ1n) is 13.7. The Kier molecular flexibility index (Phi) is 16.0. The summed E-state index contributed by atoms with van der Waals surface area (Å²) in [5, 5.41) is 0. The van der Waals surface area contributed by atoms with E-state index in [1.807, 2.05) is 0 Å². The van der Waals surface area contributed by atoms with Gasteiger partial charge in [-0.05, 0) is 49.2 Å². The third kappa shape index (κ3) is 8.05. The summed E-state index contributed by atoms with van der Waals surface area (Å²) < 4.78 is 4.70. The van der Waals surface area contributed by atoms with Crippen molar-refractivity contribution in [3.05, 3.63) is 66.7 Å². The molecule has 5 aromatic rings. The van der Waals surface area contributed by atoms with Gasteiger partial charge in [-0.25, -0.2) is 15.0 Å². The van der Waals surface area contributed by atoms with Gasteiger partial charge in [-0.1, -0.05) is 82.7 Å². The van der Waals surface area contributed by atoms with Crippen molar-refractivity contribution in [1.82, 2.24) is 24.1 Å². The summed E-state index contributed by atoms with van der Waals surface area (Å²) in [5.41, 5.74) is 6.23. The second-order valence-electron chi connectivity index (χ2n) is 9.68. The zero-order chi connectivity index (χ0) is 24.7. The average Bonchev–Trinajstić information content (AvgIpc) is 3.48. The molecule has 3 aromatic heterocycles. The summed E-state index contributed by atoms with van der Waals surface area (Å²) in [6.07, 6.45) is 9.77. The number of imidazole rings is 2.